The largest absolute Gasteiger partial charge is 0.387 e. The lowest BCUT2D eigenvalue weighted by Crippen LogP contribution is -2.52. The van der Waals surface area contributed by atoms with Crippen LogP contribution < -0.4 is 0 Å². The fraction of sp³-hybridized carbons (Fsp3) is 1.00. The Kier molecular flexibility index (Phi) is 1.33. The van der Waals surface area contributed by atoms with Crippen LogP contribution in [0.15, 0.2) is 0 Å². The number of fused-ring (bicyclic) bond motifs is 2. The van der Waals surface area contributed by atoms with Gasteiger partial charge in [-0.05, 0) is 0 Å². The minimum atomic E-state index is -0.657. The summed E-state index contributed by atoms with van der Waals surface area (Å²) in [6.45, 7) is 0. The lowest BCUT2D eigenvalue weighted by molar-refractivity contribution is -0.343. The molecule has 4 aliphatic heterocycles. The van der Waals surface area contributed by atoms with Gasteiger partial charge in [0.2, 0.25) is 0 Å². The van der Waals surface area contributed by atoms with Crippen LogP contribution in [0.5, 0.6) is 0 Å². The summed E-state index contributed by atoms with van der Waals surface area (Å²) in [7, 11) is 0. The van der Waals surface area contributed by atoms with Crippen molar-refractivity contribution in [2.24, 2.45) is 0 Å². The maximum absolute atomic E-state index is 9.76. The highest BCUT2D eigenvalue weighted by atomic mass is 16.8. The summed E-state index contributed by atoms with van der Waals surface area (Å²) in [5.41, 5.74) is 0. The minimum Gasteiger partial charge on any atom is -0.387 e. The van der Waals surface area contributed by atoms with Crippen molar-refractivity contribution in [1.82, 2.24) is 0 Å². The fourth-order valence-electron chi connectivity index (χ4n) is 3.20. The van der Waals surface area contributed by atoms with Crippen LogP contribution in [-0.4, -0.2) is 41.4 Å². The molecule has 0 amide bonds. The molecule has 4 heteroatoms. The van der Waals surface area contributed by atoms with E-state index in [-0.39, 0.29) is 18.3 Å². The number of hydrogen-bond acceptors (Lipinski definition) is 4. The molecule has 6 atom stereocenters. The van der Waals surface area contributed by atoms with E-state index < -0.39 is 11.9 Å². The maximum atomic E-state index is 9.76. The Balaban J connectivity index is 1.49. The zero-order chi connectivity index (χ0) is 9.34. The summed E-state index contributed by atoms with van der Waals surface area (Å²) in [6, 6.07) is 0. The molecule has 0 aromatic heterocycles. The third kappa shape index (κ3) is 0.834. The monoisotopic (exact) mass is 198 g/mol. The summed E-state index contributed by atoms with van der Waals surface area (Å²) in [4.78, 5) is 0. The molecule has 0 radical (unpaired) electrons. The molecule has 14 heavy (non-hydrogen) atoms. The van der Waals surface area contributed by atoms with Crippen LogP contribution in [-0.2, 0) is 14.2 Å². The van der Waals surface area contributed by atoms with E-state index in [4.69, 9.17) is 14.2 Å². The molecule has 0 aromatic rings. The fourth-order valence-corrected chi connectivity index (χ4v) is 3.20. The molecule has 78 valence electrons. The molecule has 6 aliphatic rings. The van der Waals surface area contributed by atoms with Gasteiger partial charge < -0.3 is 19.3 Å². The quantitative estimate of drug-likeness (QED) is 0.687. The molecule has 4 bridgehead atoms. The number of ether oxygens (including phenoxy) is 3. The van der Waals surface area contributed by atoms with Crippen LogP contribution in [0.4, 0.5) is 0 Å². The third-order valence-electron chi connectivity index (χ3n) is 4.00. The molecule has 0 spiro atoms. The second kappa shape index (κ2) is 2.32. The Bertz CT molecular complexity index is 267. The first-order chi connectivity index (χ1) is 6.75. The van der Waals surface area contributed by atoms with Gasteiger partial charge in [0.15, 0.2) is 5.79 Å². The Morgan fingerprint density at radius 2 is 2.00 bits per heavy atom. The molecule has 1 N–H and O–H groups in total. The van der Waals surface area contributed by atoms with Crippen LogP contribution in [0.2, 0.25) is 0 Å². The van der Waals surface area contributed by atoms with E-state index in [1.165, 1.54) is 0 Å². The van der Waals surface area contributed by atoms with Gasteiger partial charge in [-0.2, -0.15) is 0 Å². The van der Waals surface area contributed by atoms with E-state index in [1.807, 2.05) is 0 Å². The first-order valence-corrected chi connectivity index (χ1v) is 5.44. The topological polar surface area (TPSA) is 47.9 Å². The van der Waals surface area contributed by atoms with Crippen molar-refractivity contribution in [3.8, 4) is 0 Å². The molecule has 6 unspecified atom stereocenters. The van der Waals surface area contributed by atoms with E-state index in [1.54, 1.807) is 0 Å². The van der Waals surface area contributed by atoms with E-state index >= 15 is 0 Å². The van der Waals surface area contributed by atoms with Gasteiger partial charge in [0.25, 0.3) is 0 Å². The van der Waals surface area contributed by atoms with Gasteiger partial charge >= 0.3 is 0 Å². The first-order valence-electron chi connectivity index (χ1n) is 5.44. The third-order valence-corrected chi connectivity index (χ3v) is 4.00. The zero-order valence-electron chi connectivity index (χ0n) is 7.89. The molecule has 2 aliphatic carbocycles. The highest BCUT2D eigenvalue weighted by Gasteiger charge is 2.63. The summed E-state index contributed by atoms with van der Waals surface area (Å²) < 4.78 is 17.0. The van der Waals surface area contributed by atoms with Crippen molar-refractivity contribution in [2.45, 2.75) is 62.0 Å². The minimum absolute atomic E-state index is 0.161. The van der Waals surface area contributed by atoms with E-state index in [9.17, 15) is 5.11 Å². The second-order valence-corrected chi connectivity index (χ2v) is 4.93. The average molecular weight is 198 g/mol. The van der Waals surface area contributed by atoms with Gasteiger partial charge in [-0.15, -0.1) is 0 Å². The normalized spacial score (nSPS) is 63.6. The van der Waals surface area contributed by atoms with Crippen LogP contribution in [0.25, 0.3) is 0 Å². The first kappa shape index (κ1) is 8.05. The lowest BCUT2D eigenvalue weighted by Gasteiger charge is -2.41. The smallest absolute Gasteiger partial charge is 0.197 e. The van der Waals surface area contributed by atoms with E-state index in [0.717, 1.165) is 25.7 Å². The van der Waals surface area contributed by atoms with Crippen molar-refractivity contribution in [3.05, 3.63) is 0 Å². The highest BCUT2D eigenvalue weighted by Crippen LogP contribution is 2.51. The SMILES string of the molecule is OC1CC2CC1(OC1CC3CC1O3)O2. The van der Waals surface area contributed by atoms with Crippen molar-refractivity contribution >= 4 is 0 Å². The molecule has 6 rings (SSSR count). The molecule has 4 saturated heterocycles. The molecule has 0 aromatic carbocycles. The van der Waals surface area contributed by atoms with Crippen LogP contribution in [0, 0.1) is 0 Å². The standard InChI is InChI=1S/C10H14O4/c11-9-3-6-4-10(9,13-6)14-8-2-5-1-7(8)12-5/h5-9,11H,1-4H2. The van der Waals surface area contributed by atoms with Crippen molar-refractivity contribution in [1.29, 1.82) is 0 Å². The highest BCUT2D eigenvalue weighted by molar-refractivity contribution is 5.05. The van der Waals surface area contributed by atoms with Crippen molar-refractivity contribution in [2.75, 3.05) is 0 Å². The Labute approximate surface area is 82.1 Å². The van der Waals surface area contributed by atoms with Gasteiger partial charge in [0.1, 0.15) is 6.10 Å². The molecular formula is C10H14O4. The average Bonchev–Trinajstić information content (AvgIpc) is 2.65. The van der Waals surface area contributed by atoms with Gasteiger partial charge in [-0.1, -0.05) is 0 Å². The van der Waals surface area contributed by atoms with Crippen LogP contribution >= 0.6 is 0 Å². The number of rotatable bonds is 2. The Hall–Kier alpha value is -0.160. The number of aliphatic hydroxyl groups excluding tert-OH is 1. The van der Waals surface area contributed by atoms with Crippen molar-refractivity contribution < 1.29 is 19.3 Å². The zero-order valence-corrected chi connectivity index (χ0v) is 7.89. The molecule has 6 fully saturated rings. The molecular weight excluding hydrogens is 184 g/mol. The maximum Gasteiger partial charge on any atom is 0.197 e. The summed E-state index contributed by atoms with van der Waals surface area (Å²) >= 11 is 0. The van der Waals surface area contributed by atoms with Crippen molar-refractivity contribution in [3.63, 3.8) is 0 Å². The summed E-state index contributed by atoms with van der Waals surface area (Å²) in [5, 5.41) is 9.76. The van der Waals surface area contributed by atoms with Crippen LogP contribution in [0.3, 0.4) is 0 Å². The molecule has 4 heterocycles. The Morgan fingerprint density at radius 1 is 1.21 bits per heavy atom. The van der Waals surface area contributed by atoms with Gasteiger partial charge in [0, 0.05) is 25.7 Å². The van der Waals surface area contributed by atoms with Gasteiger partial charge in [0.05, 0.1) is 24.4 Å². The van der Waals surface area contributed by atoms with Gasteiger partial charge in [-0.3, -0.25) is 0 Å². The number of aliphatic hydroxyl groups is 1. The van der Waals surface area contributed by atoms with E-state index in [0.29, 0.717) is 6.10 Å². The second-order valence-electron chi connectivity index (χ2n) is 4.93. The van der Waals surface area contributed by atoms with E-state index in [2.05, 4.69) is 0 Å². The Morgan fingerprint density at radius 3 is 2.50 bits per heavy atom. The summed E-state index contributed by atoms with van der Waals surface area (Å²) in [5.74, 6) is -0.657. The predicted molar refractivity (Wildman–Crippen MR) is 45.6 cm³/mol. The predicted octanol–water partition coefficient (Wildman–Crippen LogP) is 0.183. The molecule has 4 nitrogen and oxygen atoms in total. The number of hydrogen-bond donors (Lipinski definition) is 1. The van der Waals surface area contributed by atoms with Gasteiger partial charge in [-0.25, -0.2) is 0 Å². The lowest BCUT2D eigenvalue weighted by atomic mass is 10.1. The summed E-state index contributed by atoms with van der Waals surface area (Å²) in [6.07, 6.45) is 4.36. The van der Waals surface area contributed by atoms with Crippen LogP contribution in [0.1, 0.15) is 25.7 Å². The molecule has 2 saturated carbocycles.